The molecule has 4 nitrogen and oxygen atoms in total. The van der Waals surface area contributed by atoms with E-state index in [9.17, 15) is 9.90 Å². The zero-order chi connectivity index (χ0) is 9.72. The summed E-state index contributed by atoms with van der Waals surface area (Å²) in [6.07, 6.45) is -0.845. The predicted octanol–water partition coefficient (Wildman–Crippen LogP) is -0.215. The van der Waals surface area contributed by atoms with Crippen LogP contribution >= 0.6 is 0 Å². The van der Waals surface area contributed by atoms with E-state index in [-0.39, 0.29) is 12.5 Å². The van der Waals surface area contributed by atoms with Crippen LogP contribution in [0.3, 0.4) is 0 Å². The lowest BCUT2D eigenvalue weighted by Gasteiger charge is -2.21. The van der Waals surface area contributed by atoms with Gasteiger partial charge in [-0.25, -0.2) is 0 Å². The molecule has 0 bridgehead atoms. The summed E-state index contributed by atoms with van der Waals surface area (Å²) >= 11 is 0. The molecule has 0 aromatic carbocycles. The molecule has 0 heterocycles. The van der Waals surface area contributed by atoms with E-state index in [1.54, 1.807) is 13.8 Å². The largest absolute Gasteiger partial charge is 0.469 e. The summed E-state index contributed by atoms with van der Waals surface area (Å²) in [7, 11) is 1.27. The second-order valence-corrected chi connectivity index (χ2v) is 2.96. The third-order valence-electron chi connectivity index (χ3n) is 1.96. The minimum absolute atomic E-state index is 0.136. The molecule has 0 aromatic heterocycles. The zero-order valence-corrected chi connectivity index (χ0v) is 7.65. The average molecular weight is 176 g/mol. The number of aliphatic hydroxyl groups is 2. The molecule has 0 aliphatic carbocycles. The van der Waals surface area contributed by atoms with Crippen molar-refractivity contribution in [2.75, 3.05) is 13.7 Å². The van der Waals surface area contributed by atoms with E-state index in [1.165, 1.54) is 7.11 Å². The van der Waals surface area contributed by atoms with Crippen LogP contribution in [0.15, 0.2) is 0 Å². The van der Waals surface area contributed by atoms with Crippen LogP contribution in [0.4, 0.5) is 0 Å². The Morgan fingerprint density at radius 2 is 2.00 bits per heavy atom. The van der Waals surface area contributed by atoms with Gasteiger partial charge in [-0.2, -0.15) is 0 Å². The van der Waals surface area contributed by atoms with Crippen molar-refractivity contribution in [2.45, 2.75) is 20.0 Å². The highest BCUT2D eigenvalue weighted by Gasteiger charge is 2.26. The van der Waals surface area contributed by atoms with Crippen molar-refractivity contribution < 1.29 is 19.7 Å². The fourth-order valence-electron chi connectivity index (χ4n) is 0.926. The Morgan fingerprint density at radius 1 is 1.50 bits per heavy atom. The number of esters is 1. The summed E-state index contributed by atoms with van der Waals surface area (Å²) in [6, 6.07) is 0. The van der Waals surface area contributed by atoms with Crippen molar-refractivity contribution in [3.63, 3.8) is 0 Å². The van der Waals surface area contributed by atoms with E-state index < -0.39 is 18.0 Å². The number of hydrogen-bond acceptors (Lipinski definition) is 4. The van der Waals surface area contributed by atoms with Crippen molar-refractivity contribution in [2.24, 2.45) is 11.8 Å². The summed E-state index contributed by atoms with van der Waals surface area (Å²) in [5.41, 5.74) is 0. The fourth-order valence-corrected chi connectivity index (χ4v) is 0.926. The van der Waals surface area contributed by atoms with Crippen LogP contribution in [0.25, 0.3) is 0 Å². The second kappa shape index (κ2) is 5.11. The Labute approximate surface area is 72.2 Å². The third kappa shape index (κ3) is 2.79. The predicted molar refractivity (Wildman–Crippen MR) is 43.4 cm³/mol. The number of ether oxygens (including phenoxy) is 1. The van der Waals surface area contributed by atoms with Crippen LogP contribution in [-0.4, -0.2) is 36.0 Å². The van der Waals surface area contributed by atoms with Crippen LogP contribution in [0.1, 0.15) is 13.8 Å². The van der Waals surface area contributed by atoms with Gasteiger partial charge in [0.05, 0.1) is 19.1 Å². The molecule has 12 heavy (non-hydrogen) atoms. The summed E-state index contributed by atoms with van der Waals surface area (Å²) in [5.74, 6) is -1.35. The summed E-state index contributed by atoms with van der Waals surface area (Å²) in [4.78, 5) is 10.9. The van der Waals surface area contributed by atoms with E-state index in [0.717, 1.165) is 0 Å². The van der Waals surface area contributed by atoms with E-state index in [4.69, 9.17) is 5.11 Å². The van der Waals surface area contributed by atoms with Crippen LogP contribution in [0, 0.1) is 11.8 Å². The molecule has 0 rings (SSSR count). The van der Waals surface area contributed by atoms with Crippen molar-refractivity contribution in [3.05, 3.63) is 0 Å². The molecule has 0 fully saturated rings. The topological polar surface area (TPSA) is 66.8 Å². The van der Waals surface area contributed by atoms with E-state index in [2.05, 4.69) is 4.74 Å². The summed E-state index contributed by atoms with van der Waals surface area (Å²) < 4.78 is 4.45. The molecule has 0 aliphatic heterocycles. The van der Waals surface area contributed by atoms with E-state index in [0.29, 0.717) is 0 Å². The number of carbonyl (C=O) groups is 1. The van der Waals surface area contributed by atoms with Gasteiger partial charge in [0.2, 0.25) is 0 Å². The van der Waals surface area contributed by atoms with Gasteiger partial charge in [-0.3, -0.25) is 4.79 Å². The van der Waals surface area contributed by atoms with Gasteiger partial charge in [0.25, 0.3) is 0 Å². The Kier molecular flexibility index (Phi) is 4.85. The van der Waals surface area contributed by atoms with Gasteiger partial charge in [0, 0.05) is 12.5 Å². The highest BCUT2D eigenvalue weighted by Crippen LogP contribution is 2.13. The molecule has 0 aromatic rings. The van der Waals surface area contributed by atoms with E-state index in [1.807, 2.05) is 0 Å². The molecule has 2 N–H and O–H groups in total. The normalized spacial score (nSPS) is 18.1. The van der Waals surface area contributed by atoms with Gasteiger partial charge in [-0.05, 0) is 6.92 Å². The summed E-state index contributed by atoms with van der Waals surface area (Å²) in [6.45, 7) is 3.11. The lowest BCUT2D eigenvalue weighted by molar-refractivity contribution is -0.150. The standard InChI is InChI=1S/C8H16O4/c1-5(4-9)7(10)6(2)8(11)12-3/h5-7,9-10H,4H2,1-3H3/t5-,6+,7-/m1/s1. The van der Waals surface area contributed by atoms with Gasteiger partial charge in [0.15, 0.2) is 0 Å². The first-order valence-electron chi connectivity index (χ1n) is 3.91. The second-order valence-electron chi connectivity index (χ2n) is 2.96. The van der Waals surface area contributed by atoms with Crippen LogP contribution in [0.5, 0.6) is 0 Å². The molecule has 3 atom stereocenters. The molecule has 0 spiro atoms. The molecule has 0 saturated heterocycles. The Balaban J connectivity index is 4.08. The molecule has 72 valence electrons. The highest BCUT2D eigenvalue weighted by molar-refractivity contribution is 5.72. The number of methoxy groups -OCH3 is 1. The van der Waals surface area contributed by atoms with Crippen LogP contribution in [-0.2, 0) is 9.53 Å². The quantitative estimate of drug-likeness (QED) is 0.581. The zero-order valence-electron chi connectivity index (χ0n) is 7.65. The molecule has 0 saturated carbocycles. The summed E-state index contributed by atoms with van der Waals surface area (Å²) in [5, 5.41) is 18.1. The maximum absolute atomic E-state index is 10.9. The van der Waals surface area contributed by atoms with Gasteiger partial charge in [-0.1, -0.05) is 6.92 Å². The monoisotopic (exact) mass is 176 g/mol. The van der Waals surface area contributed by atoms with Crippen molar-refractivity contribution >= 4 is 5.97 Å². The maximum Gasteiger partial charge on any atom is 0.311 e. The Bertz CT molecular complexity index is 146. The van der Waals surface area contributed by atoms with Crippen LogP contribution < -0.4 is 0 Å². The molecule has 0 unspecified atom stereocenters. The van der Waals surface area contributed by atoms with Gasteiger partial charge < -0.3 is 14.9 Å². The number of rotatable bonds is 4. The lowest BCUT2D eigenvalue weighted by Crippen LogP contribution is -2.33. The molecular formula is C8H16O4. The molecule has 4 heteroatoms. The minimum atomic E-state index is -0.845. The first kappa shape index (κ1) is 11.4. The number of hydrogen-bond donors (Lipinski definition) is 2. The Morgan fingerprint density at radius 3 is 2.33 bits per heavy atom. The molecule has 0 radical (unpaired) electrons. The fraction of sp³-hybridized carbons (Fsp3) is 0.875. The van der Waals surface area contributed by atoms with Crippen molar-refractivity contribution in [3.8, 4) is 0 Å². The highest BCUT2D eigenvalue weighted by atomic mass is 16.5. The first-order chi connectivity index (χ1) is 5.54. The number of carbonyl (C=O) groups excluding carboxylic acids is 1. The number of aliphatic hydroxyl groups excluding tert-OH is 2. The smallest absolute Gasteiger partial charge is 0.311 e. The Hall–Kier alpha value is -0.610. The lowest BCUT2D eigenvalue weighted by atomic mass is 9.94. The van der Waals surface area contributed by atoms with Gasteiger partial charge in [-0.15, -0.1) is 0 Å². The molecule has 0 aliphatic rings. The van der Waals surface area contributed by atoms with Gasteiger partial charge >= 0.3 is 5.97 Å². The van der Waals surface area contributed by atoms with Gasteiger partial charge in [0.1, 0.15) is 0 Å². The van der Waals surface area contributed by atoms with E-state index >= 15 is 0 Å². The molecular weight excluding hydrogens is 160 g/mol. The minimum Gasteiger partial charge on any atom is -0.469 e. The van der Waals surface area contributed by atoms with Crippen molar-refractivity contribution in [1.82, 2.24) is 0 Å². The maximum atomic E-state index is 10.9. The van der Waals surface area contributed by atoms with Crippen molar-refractivity contribution in [1.29, 1.82) is 0 Å². The SMILES string of the molecule is COC(=O)[C@@H](C)[C@H](O)[C@H](C)CO. The van der Waals surface area contributed by atoms with Crippen LogP contribution in [0.2, 0.25) is 0 Å². The first-order valence-corrected chi connectivity index (χ1v) is 3.91. The average Bonchev–Trinajstić information content (AvgIpc) is 2.12. The third-order valence-corrected chi connectivity index (χ3v) is 1.96. The molecule has 0 amide bonds.